The van der Waals surface area contributed by atoms with Crippen LogP contribution < -0.4 is 4.90 Å². The van der Waals surface area contributed by atoms with Crippen molar-refractivity contribution in [3.05, 3.63) is 59.0 Å². The minimum atomic E-state index is -1.27. The van der Waals surface area contributed by atoms with Gasteiger partial charge in [0.1, 0.15) is 5.56 Å². The molecular formula is C15H13FN2O2. The highest BCUT2D eigenvalue weighted by Gasteiger charge is 2.23. The first-order chi connectivity index (χ1) is 9.66. The van der Waals surface area contributed by atoms with Gasteiger partial charge in [-0.15, -0.1) is 0 Å². The number of rotatable bonds is 2. The number of aromatic nitrogens is 1. The van der Waals surface area contributed by atoms with Crippen molar-refractivity contribution >= 4 is 11.8 Å². The topological polar surface area (TPSA) is 53.4 Å². The third-order valence-corrected chi connectivity index (χ3v) is 3.53. The molecule has 20 heavy (non-hydrogen) atoms. The maximum atomic E-state index is 14.2. The number of halogens is 1. The summed E-state index contributed by atoms with van der Waals surface area (Å²) in [5.74, 6) is -1.93. The van der Waals surface area contributed by atoms with Gasteiger partial charge >= 0.3 is 5.97 Å². The Balaban J connectivity index is 1.96. The van der Waals surface area contributed by atoms with Crippen molar-refractivity contribution in [2.45, 2.75) is 13.0 Å². The van der Waals surface area contributed by atoms with Crippen molar-refractivity contribution < 1.29 is 14.3 Å². The molecule has 0 bridgehead atoms. The van der Waals surface area contributed by atoms with Gasteiger partial charge in [0.2, 0.25) is 0 Å². The van der Waals surface area contributed by atoms with E-state index in [9.17, 15) is 9.18 Å². The molecule has 1 aromatic carbocycles. The third kappa shape index (κ3) is 2.11. The van der Waals surface area contributed by atoms with Gasteiger partial charge in [-0.05, 0) is 23.6 Å². The maximum absolute atomic E-state index is 14.2. The molecule has 0 atom stereocenters. The SMILES string of the molecule is O=C(O)c1ccnc(N2CCc3ccccc3C2)c1F. The summed E-state index contributed by atoms with van der Waals surface area (Å²) in [6, 6.07) is 9.17. The van der Waals surface area contributed by atoms with Crippen LogP contribution in [0.4, 0.5) is 10.2 Å². The molecule has 102 valence electrons. The van der Waals surface area contributed by atoms with E-state index in [2.05, 4.69) is 11.1 Å². The van der Waals surface area contributed by atoms with Crippen LogP contribution in [0.1, 0.15) is 21.5 Å². The van der Waals surface area contributed by atoms with Gasteiger partial charge in [-0.2, -0.15) is 0 Å². The van der Waals surface area contributed by atoms with Crippen LogP contribution in [-0.4, -0.2) is 22.6 Å². The smallest absolute Gasteiger partial charge is 0.338 e. The number of nitrogens with zero attached hydrogens (tertiary/aromatic N) is 2. The van der Waals surface area contributed by atoms with Gasteiger partial charge in [0.05, 0.1) is 0 Å². The van der Waals surface area contributed by atoms with Crippen molar-refractivity contribution in [3.63, 3.8) is 0 Å². The molecule has 0 spiro atoms. The standard InChI is InChI=1S/C15H13FN2O2/c16-13-12(15(19)20)5-7-17-14(13)18-8-6-10-3-1-2-4-11(10)9-18/h1-5,7H,6,8-9H2,(H,19,20). The number of hydrogen-bond donors (Lipinski definition) is 1. The fourth-order valence-electron chi connectivity index (χ4n) is 2.49. The first-order valence-electron chi connectivity index (χ1n) is 6.36. The lowest BCUT2D eigenvalue weighted by Crippen LogP contribution is -2.32. The molecule has 0 fully saturated rings. The number of aromatic carboxylic acids is 1. The fraction of sp³-hybridized carbons (Fsp3) is 0.200. The Bertz CT molecular complexity index is 673. The molecule has 5 heteroatoms. The second kappa shape index (κ2) is 4.92. The van der Waals surface area contributed by atoms with Crippen molar-refractivity contribution in [3.8, 4) is 0 Å². The first-order valence-corrected chi connectivity index (χ1v) is 6.36. The molecule has 0 radical (unpaired) electrons. The van der Waals surface area contributed by atoms with Crippen LogP contribution in [0.2, 0.25) is 0 Å². The minimum Gasteiger partial charge on any atom is -0.478 e. The molecule has 0 saturated carbocycles. The van der Waals surface area contributed by atoms with Crippen LogP contribution in [-0.2, 0) is 13.0 Å². The summed E-state index contributed by atoms with van der Waals surface area (Å²) in [6.45, 7) is 1.17. The van der Waals surface area contributed by atoms with E-state index < -0.39 is 11.8 Å². The largest absolute Gasteiger partial charge is 0.478 e. The summed E-state index contributed by atoms with van der Waals surface area (Å²) in [6.07, 6.45) is 2.14. The normalized spacial score (nSPS) is 13.9. The number of anilines is 1. The van der Waals surface area contributed by atoms with E-state index >= 15 is 0 Å². The van der Waals surface area contributed by atoms with Gasteiger partial charge in [-0.1, -0.05) is 24.3 Å². The van der Waals surface area contributed by atoms with E-state index in [1.807, 2.05) is 18.2 Å². The van der Waals surface area contributed by atoms with E-state index in [1.54, 1.807) is 4.90 Å². The number of hydrogen-bond acceptors (Lipinski definition) is 3. The zero-order valence-corrected chi connectivity index (χ0v) is 10.7. The van der Waals surface area contributed by atoms with Gasteiger partial charge in [0, 0.05) is 19.3 Å². The number of pyridine rings is 1. The predicted octanol–water partition coefficient (Wildman–Crippen LogP) is 2.48. The number of fused-ring (bicyclic) bond motifs is 1. The number of carbonyl (C=O) groups is 1. The van der Waals surface area contributed by atoms with Crippen LogP contribution in [0.3, 0.4) is 0 Å². The van der Waals surface area contributed by atoms with Crippen LogP contribution >= 0.6 is 0 Å². The molecule has 1 N–H and O–H groups in total. The van der Waals surface area contributed by atoms with Gasteiger partial charge < -0.3 is 10.0 Å². The van der Waals surface area contributed by atoms with E-state index in [0.29, 0.717) is 13.1 Å². The monoisotopic (exact) mass is 272 g/mol. The van der Waals surface area contributed by atoms with Crippen LogP contribution in [0, 0.1) is 5.82 Å². The Morgan fingerprint density at radius 2 is 2.00 bits per heavy atom. The molecule has 0 saturated heterocycles. The average Bonchev–Trinajstić information content (AvgIpc) is 2.46. The number of carboxylic acids is 1. The second-order valence-electron chi connectivity index (χ2n) is 4.74. The van der Waals surface area contributed by atoms with E-state index in [4.69, 9.17) is 5.11 Å². The van der Waals surface area contributed by atoms with Crippen molar-refractivity contribution in [1.29, 1.82) is 0 Å². The molecule has 2 aromatic rings. The molecule has 1 aromatic heterocycles. The van der Waals surface area contributed by atoms with Crippen LogP contribution in [0.5, 0.6) is 0 Å². The number of carboxylic acid groups (broad SMARTS) is 1. The predicted molar refractivity (Wildman–Crippen MR) is 72.4 cm³/mol. The zero-order chi connectivity index (χ0) is 14.1. The van der Waals surface area contributed by atoms with Crippen molar-refractivity contribution in [2.75, 3.05) is 11.4 Å². The Kier molecular flexibility index (Phi) is 3.10. The lowest BCUT2D eigenvalue weighted by Gasteiger charge is -2.30. The van der Waals surface area contributed by atoms with Gasteiger partial charge in [-0.25, -0.2) is 14.2 Å². The summed E-state index contributed by atoms with van der Waals surface area (Å²) in [4.78, 5) is 16.8. The molecule has 2 heterocycles. The minimum absolute atomic E-state index is 0.111. The third-order valence-electron chi connectivity index (χ3n) is 3.53. The molecule has 0 unspecified atom stereocenters. The molecule has 1 aliphatic rings. The van der Waals surface area contributed by atoms with Gasteiger partial charge in [0.15, 0.2) is 11.6 Å². The Hall–Kier alpha value is -2.43. The van der Waals surface area contributed by atoms with Crippen LogP contribution in [0.15, 0.2) is 36.5 Å². The molecule has 0 aliphatic carbocycles. The van der Waals surface area contributed by atoms with E-state index in [-0.39, 0.29) is 11.4 Å². The highest BCUT2D eigenvalue weighted by Crippen LogP contribution is 2.26. The molecular weight excluding hydrogens is 259 g/mol. The van der Waals surface area contributed by atoms with E-state index in [1.165, 1.54) is 17.8 Å². The zero-order valence-electron chi connectivity index (χ0n) is 10.7. The highest BCUT2D eigenvalue weighted by molar-refractivity contribution is 5.88. The average molecular weight is 272 g/mol. The number of benzene rings is 1. The highest BCUT2D eigenvalue weighted by atomic mass is 19.1. The molecule has 0 amide bonds. The first kappa shape index (κ1) is 12.6. The van der Waals surface area contributed by atoms with Crippen LogP contribution in [0.25, 0.3) is 0 Å². The Morgan fingerprint density at radius 3 is 2.75 bits per heavy atom. The quantitative estimate of drug-likeness (QED) is 0.912. The molecule has 3 rings (SSSR count). The molecule has 4 nitrogen and oxygen atoms in total. The Labute approximate surface area is 115 Å². The van der Waals surface area contributed by atoms with Crippen molar-refractivity contribution in [2.24, 2.45) is 0 Å². The van der Waals surface area contributed by atoms with E-state index in [0.717, 1.165) is 12.0 Å². The van der Waals surface area contributed by atoms with Gasteiger partial charge in [0.25, 0.3) is 0 Å². The summed E-state index contributed by atoms with van der Waals surface area (Å²) < 4.78 is 14.2. The summed E-state index contributed by atoms with van der Waals surface area (Å²) in [5, 5.41) is 8.96. The van der Waals surface area contributed by atoms with Gasteiger partial charge in [-0.3, -0.25) is 0 Å². The lowest BCUT2D eigenvalue weighted by molar-refractivity contribution is 0.0691. The summed E-state index contributed by atoms with van der Waals surface area (Å²) >= 11 is 0. The van der Waals surface area contributed by atoms with Crippen molar-refractivity contribution in [1.82, 2.24) is 4.98 Å². The Morgan fingerprint density at radius 1 is 1.25 bits per heavy atom. The summed E-state index contributed by atoms with van der Waals surface area (Å²) in [7, 11) is 0. The lowest BCUT2D eigenvalue weighted by atomic mass is 10.00. The fourth-order valence-corrected chi connectivity index (χ4v) is 2.49. The molecule has 1 aliphatic heterocycles. The summed E-state index contributed by atoms with van der Waals surface area (Å²) in [5.41, 5.74) is 2.04. The maximum Gasteiger partial charge on any atom is 0.338 e. The second-order valence-corrected chi connectivity index (χ2v) is 4.74.